The molecule has 0 radical (unpaired) electrons. The van der Waals surface area contributed by atoms with Gasteiger partial charge >= 0.3 is 6.09 Å². The van der Waals surface area contributed by atoms with Gasteiger partial charge in [0.15, 0.2) is 5.78 Å². The average Bonchev–Trinajstić information content (AvgIpc) is 2.54. The number of likely N-dealkylation sites (N-methyl/N-ethyl adjacent to an activating group) is 1. The Hall–Kier alpha value is -2.02. The quantitative estimate of drug-likeness (QED) is 0.761. The van der Waals surface area contributed by atoms with Crippen LogP contribution in [0.5, 0.6) is 0 Å². The van der Waals surface area contributed by atoms with Gasteiger partial charge in [-0.2, -0.15) is 0 Å². The molecule has 2 heterocycles. The monoisotopic (exact) mass is 348 g/mol. The number of nitrogens with zero attached hydrogens (tertiary/aromatic N) is 4. The number of likely N-dealkylation sites (tertiary alicyclic amines) is 1. The molecule has 1 atom stereocenters. The molecule has 1 aromatic rings. The van der Waals surface area contributed by atoms with Gasteiger partial charge in [-0.05, 0) is 47.1 Å². The number of hydrogen-bond acceptors (Lipinski definition) is 6. The van der Waals surface area contributed by atoms with Crippen LogP contribution in [0.2, 0.25) is 0 Å². The van der Waals surface area contributed by atoms with Crippen molar-refractivity contribution in [1.29, 1.82) is 0 Å². The fourth-order valence-corrected chi connectivity index (χ4v) is 2.94. The molecule has 1 aliphatic rings. The van der Waals surface area contributed by atoms with Crippen molar-refractivity contribution in [3.8, 4) is 0 Å². The maximum Gasteiger partial charge on any atom is 0.410 e. The summed E-state index contributed by atoms with van der Waals surface area (Å²) in [6.45, 7) is 7.19. The summed E-state index contributed by atoms with van der Waals surface area (Å²) in [5, 5.41) is 0. The first-order valence-corrected chi connectivity index (χ1v) is 8.73. The van der Waals surface area contributed by atoms with Crippen LogP contribution in [0.15, 0.2) is 18.6 Å². The van der Waals surface area contributed by atoms with Crippen molar-refractivity contribution in [2.75, 3.05) is 26.7 Å². The number of carbonyl (C=O) groups excluding carboxylic acids is 2. The summed E-state index contributed by atoms with van der Waals surface area (Å²) >= 11 is 0. The number of hydrogen-bond donors (Lipinski definition) is 0. The topological polar surface area (TPSA) is 75.6 Å². The molecule has 7 heteroatoms. The van der Waals surface area contributed by atoms with Crippen LogP contribution in [0.25, 0.3) is 0 Å². The van der Waals surface area contributed by atoms with Crippen LogP contribution in [0.3, 0.4) is 0 Å². The van der Waals surface area contributed by atoms with E-state index in [0.29, 0.717) is 18.8 Å². The molecule has 0 spiro atoms. The summed E-state index contributed by atoms with van der Waals surface area (Å²) < 4.78 is 5.52. The van der Waals surface area contributed by atoms with E-state index >= 15 is 0 Å². The maximum absolute atomic E-state index is 12.4. The molecular weight excluding hydrogens is 320 g/mol. The van der Waals surface area contributed by atoms with E-state index in [2.05, 4.69) is 9.97 Å². The highest BCUT2D eigenvalue weighted by Gasteiger charge is 2.31. The Bertz CT molecular complexity index is 586. The van der Waals surface area contributed by atoms with Gasteiger partial charge in [0, 0.05) is 31.5 Å². The van der Waals surface area contributed by atoms with Crippen LogP contribution in [0.1, 0.15) is 50.5 Å². The molecule has 1 fully saturated rings. The SMILES string of the molecule is CN(CC(=O)c1cnccn1)C[C@H]1CCCCN1C(=O)OC(C)(C)C. The van der Waals surface area contributed by atoms with Crippen LogP contribution < -0.4 is 0 Å². The number of rotatable bonds is 5. The number of ether oxygens (including phenoxy) is 1. The predicted octanol–water partition coefficient (Wildman–Crippen LogP) is 2.38. The lowest BCUT2D eigenvalue weighted by Gasteiger charge is -2.38. The number of carbonyl (C=O) groups is 2. The maximum atomic E-state index is 12.4. The summed E-state index contributed by atoms with van der Waals surface area (Å²) in [7, 11) is 1.89. The van der Waals surface area contributed by atoms with Crippen LogP contribution in [-0.4, -0.2) is 70.0 Å². The van der Waals surface area contributed by atoms with E-state index in [-0.39, 0.29) is 24.5 Å². The van der Waals surface area contributed by atoms with E-state index in [1.54, 1.807) is 11.1 Å². The summed E-state index contributed by atoms with van der Waals surface area (Å²) in [4.78, 5) is 36.4. The van der Waals surface area contributed by atoms with Crippen molar-refractivity contribution in [3.63, 3.8) is 0 Å². The molecule has 2 rings (SSSR count). The second-order valence-electron chi connectivity index (χ2n) is 7.53. The molecule has 138 valence electrons. The molecule has 1 amide bonds. The first-order valence-electron chi connectivity index (χ1n) is 8.73. The molecule has 1 aliphatic heterocycles. The number of ketones is 1. The van der Waals surface area contributed by atoms with Crippen LogP contribution in [-0.2, 0) is 4.74 Å². The molecule has 7 nitrogen and oxygen atoms in total. The van der Waals surface area contributed by atoms with Crippen molar-refractivity contribution in [3.05, 3.63) is 24.3 Å². The highest BCUT2D eigenvalue weighted by molar-refractivity contribution is 5.95. The number of amides is 1. The van der Waals surface area contributed by atoms with Gasteiger partial charge in [-0.1, -0.05) is 0 Å². The number of Topliss-reactive ketones (excluding diaryl/α,β-unsaturated/α-hetero) is 1. The average molecular weight is 348 g/mol. The second kappa shape index (κ2) is 8.38. The summed E-state index contributed by atoms with van der Waals surface area (Å²) in [5.74, 6) is -0.0739. The molecule has 1 aromatic heterocycles. The van der Waals surface area contributed by atoms with Crippen LogP contribution in [0.4, 0.5) is 4.79 Å². The molecule has 0 unspecified atom stereocenters. The summed E-state index contributed by atoms with van der Waals surface area (Å²) in [5.41, 5.74) is -0.144. The lowest BCUT2D eigenvalue weighted by molar-refractivity contribution is 0.00638. The number of aromatic nitrogens is 2. The Morgan fingerprint density at radius 1 is 1.32 bits per heavy atom. The lowest BCUT2D eigenvalue weighted by atomic mass is 10.0. The normalized spacial score (nSPS) is 18.3. The van der Waals surface area contributed by atoms with E-state index in [1.165, 1.54) is 12.4 Å². The first-order chi connectivity index (χ1) is 11.8. The Morgan fingerprint density at radius 2 is 2.08 bits per heavy atom. The Balaban J connectivity index is 1.93. The largest absolute Gasteiger partial charge is 0.444 e. The molecule has 0 aromatic carbocycles. The minimum atomic E-state index is -0.507. The highest BCUT2D eigenvalue weighted by atomic mass is 16.6. The first kappa shape index (κ1) is 19.3. The van der Waals surface area contributed by atoms with Gasteiger partial charge in [-0.3, -0.25) is 14.7 Å². The van der Waals surface area contributed by atoms with Gasteiger partial charge in [-0.15, -0.1) is 0 Å². The molecule has 0 bridgehead atoms. The van der Waals surface area contributed by atoms with Crippen LogP contribution >= 0.6 is 0 Å². The second-order valence-corrected chi connectivity index (χ2v) is 7.53. The van der Waals surface area contributed by atoms with E-state index in [1.807, 2.05) is 32.7 Å². The van der Waals surface area contributed by atoms with Crippen molar-refractivity contribution < 1.29 is 14.3 Å². The fourth-order valence-electron chi connectivity index (χ4n) is 2.94. The third-order valence-electron chi connectivity index (χ3n) is 4.04. The standard InChI is InChI=1S/C18H28N4O3/c1-18(2,3)25-17(24)22-10-6-5-7-14(22)12-21(4)13-16(23)15-11-19-8-9-20-15/h8-9,11,14H,5-7,10,12-13H2,1-4H3/t14-/m1/s1. The minimum Gasteiger partial charge on any atom is -0.444 e. The molecule has 0 N–H and O–H groups in total. The van der Waals surface area contributed by atoms with Crippen molar-refractivity contribution >= 4 is 11.9 Å². The van der Waals surface area contributed by atoms with Gasteiger partial charge in [-0.25, -0.2) is 9.78 Å². The predicted molar refractivity (Wildman–Crippen MR) is 94.4 cm³/mol. The Morgan fingerprint density at radius 3 is 2.72 bits per heavy atom. The lowest BCUT2D eigenvalue weighted by Crippen LogP contribution is -2.50. The van der Waals surface area contributed by atoms with Crippen molar-refractivity contribution in [2.24, 2.45) is 0 Å². The van der Waals surface area contributed by atoms with E-state index in [0.717, 1.165) is 19.3 Å². The van der Waals surface area contributed by atoms with Gasteiger partial charge in [0.05, 0.1) is 12.7 Å². The van der Waals surface area contributed by atoms with Gasteiger partial charge in [0.2, 0.25) is 0 Å². The zero-order chi connectivity index (χ0) is 18.4. The van der Waals surface area contributed by atoms with Crippen molar-refractivity contribution in [1.82, 2.24) is 19.8 Å². The Kier molecular flexibility index (Phi) is 6.47. The molecule has 0 aliphatic carbocycles. The summed E-state index contributed by atoms with van der Waals surface area (Å²) in [6.07, 6.45) is 7.24. The van der Waals surface area contributed by atoms with E-state index < -0.39 is 5.60 Å². The van der Waals surface area contributed by atoms with Gasteiger partial charge in [0.25, 0.3) is 0 Å². The Labute approximate surface area is 149 Å². The third-order valence-corrected chi connectivity index (χ3v) is 4.04. The van der Waals surface area contributed by atoms with Gasteiger partial charge < -0.3 is 9.64 Å². The smallest absolute Gasteiger partial charge is 0.410 e. The zero-order valence-corrected chi connectivity index (χ0v) is 15.6. The molecule has 25 heavy (non-hydrogen) atoms. The van der Waals surface area contributed by atoms with E-state index in [9.17, 15) is 9.59 Å². The highest BCUT2D eigenvalue weighted by Crippen LogP contribution is 2.21. The molecule has 0 saturated carbocycles. The zero-order valence-electron chi connectivity index (χ0n) is 15.6. The fraction of sp³-hybridized carbons (Fsp3) is 0.667. The third kappa shape index (κ3) is 6.08. The molecular formula is C18H28N4O3. The van der Waals surface area contributed by atoms with Gasteiger partial charge in [0.1, 0.15) is 11.3 Å². The van der Waals surface area contributed by atoms with Crippen LogP contribution in [0, 0.1) is 0 Å². The van der Waals surface area contributed by atoms with E-state index in [4.69, 9.17) is 4.74 Å². The molecule has 1 saturated heterocycles. The number of piperidine rings is 1. The van der Waals surface area contributed by atoms with Crippen molar-refractivity contribution in [2.45, 2.75) is 51.7 Å². The minimum absolute atomic E-state index is 0.0586. The summed E-state index contributed by atoms with van der Waals surface area (Å²) in [6, 6.07) is 0.0586.